The van der Waals surface area contributed by atoms with Crippen LogP contribution in [0, 0.1) is 11.3 Å². The van der Waals surface area contributed by atoms with Crippen LogP contribution in [0.2, 0.25) is 0 Å². The van der Waals surface area contributed by atoms with Crippen molar-refractivity contribution in [1.29, 1.82) is 5.26 Å². The quantitative estimate of drug-likeness (QED) is 0.210. The second-order valence-corrected chi connectivity index (χ2v) is 6.60. The molecule has 2 rings (SSSR count). The third kappa shape index (κ3) is 8.45. The zero-order valence-corrected chi connectivity index (χ0v) is 19.4. The van der Waals surface area contributed by atoms with Crippen molar-refractivity contribution < 1.29 is 9.53 Å². The van der Waals surface area contributed by atoms with Crippen LogP contribution in [-0.4, -0.2) is 64.3 Å². The number of nitriles is 1. The van der Waals surface area contributed by atoms with Gasteiger partial charge >= 0.3 is 0 Å². The number of piperidine rings is 1. The average molecular weight is 514 g/mol. The standard InChI is InChI=1S/C20H30N6O2.HI/c1-3-22-20(24-14-19(27)23-10-12-28-2)25-17-8-6-11-26(15-17)18-9-5-4-7-16(18)13-21;/h4-5,7,9,17H,3,6,8,10-12,14-15H2,1-2H3,(H,23,27)(H2,22,24,25);1H. The third-order valence-electron chi connectivity index (χ3n) is 4.48. The summed E-state index contributed by atoms with van der Waals surface area (Å²) in [5.74, 6) is 0.493. The molecular formula is C20H31IN6O2. The maximum atomic E-state index is 11.9. The fourth-order valence-corrected chi connectivity index (χ4v) is 3.17. The van der Waals surface area contributed by atoms with E-state index in [9.17, 15) is 10.1 Å². The predicted octanol–water partition coefficient (Wildman–Crippen LogP) is 1.46. The van der Waals surface area contributed by atoms with Crippen LogP contribution < -0.4 is 20.9 Å². The van der Waals surface area contributed by atoms with E-state index in [2.05, 4.69) is 31.9 Å². The first-order valence-electron chi connectivity index (χ1n) is 9.72. The number of para-hydroxylation sites is 1. The number of nitrogens with zero attached hydrogens (tertiary/aromatic N) is 3. The number of carbonyl (C=O) groups excluding carboxylic acids is 1. The number of guanidine groups is 1. The number of hydrogen-bond acceptors (Lipinski definition) is 5. The SMILES string of the molecule is CCNC(=NCC(=O)NCCOC)NC1CCCN(c2ccccc2C#N)C1.I. The lowest BCUT2D eigenvalue weighted by Crippen LogP contribution is -2.51. The number of anilines is 1. The molecule has 8 nitrogen and oxygen atoms in total. The van der Waals surface area contributed by atoms with Gasteiger partial charge in [0.2, 0.25) is 5.91 Å². The molecule has 1 heterocycles. The van der Waals surface area contributed by atoms with Gasteiger partial charge in [-0.25, -0.2) is 4.99 Å². The van der Waals surface area contributed by atoms with Gasteiger partial charge in [0.1, 0.15) is 12.6 Å². The summed E-state index contributed by atoms with van der Waals surface area (Å²) in [5, 5.41) is 18.7. The molecule has 1 aromatic carbocycles. The highest BCUT2D eigenvalue weighted by atomic mass is 127. The van der Waals surface area contributed by atoms with Crippen LogP contribution in [0.5, 0.6) is 0 Å². The van der Waals surface area contributed by atoms with Gasteiger partial charge in [0, 0.05) is 39.3 Å². The Kier molecular flexibility index (Phi) is 12.1. The first-order chi connectivity index (χ1) is 13.7. The van der Waals surface area contributed by atoms with Gasteiger partial charge < -0.3 is 25.6 Å². The second kappa shape index (κ2) is 14.0. The molecule has 1 amide bonds. The average Bonchev–Trinajstić information content (AvgIpc) is 2.72. The lowest BCUT2D eigenvalue weighted by Gasteiger charge is -2.35. The molecule has 29 heavy (non-hydrogen) atoms. The molecule has 160 valence electrons. The highest BCUT2D eigenvalue weighted by Crippen LogP contribution is 2.23. The van der Waals surface area contributed by atoms with E-state index in [1.54, 1.807) is 7.11 Å². The Balaban J connectivity index is 0.00000420. The normalized spacial score (nSPS) is 16.4. The number of halogens is 1. The van der Waals surface area contributed by atoms with Crippen LogP contribution in [0.1, 0.15) is 25.3 Å². The monoisotopic (exact) mass is 514 g/mol. The van der Waals surface area contributed by atoms with Crippen molar-refractivity contribution in [3.63, 3.8) is 0 Å². The molecule has 9 heteroatoms. The van der Waals surface area contributed by atoms with E-state index in [1.165, 1.54) is 0 Å². The van der Waals surface area contributed by atoms with E-state index in [-0.39, 0.29) is 42.5 Å². The molecular weight excluding hydrogens is 483 g/mol. The Hall–Kier alpha value is -2.06. The summed E-state index contributed by atoms with van der Waals surface area (Å²) in [6.45, 7) is 5.43. The molecule has 0 radical (unpaired) electrons. The lowest BCUT2D eigenvalue weighted by atomic mass is 10.0. The smallest absolute Gasteiger partial charge is 0.241 e. The zero-order valence-electron chi connectivity index (χ0n) is 17.1. The molecule has 0 saturated carbocycles. The van der Waals surface area contributed by atoms with Crippen LogP contribution >= 0.6 is 24.0 Å². The summed E-state index contributed by atoms with van der Waals surface area (Å²) in [5.41, 5.74) is 1.66. The van der Waals surface area contributed by atoms with Gasteiger partial charge in [-0.1, -0.05) is 12.1 Å². The van der Waals surface area contributed by atoms with Gasteiger partial charge in [0.15, 0.2) is 5.96 Å². The first-order valence-corrected chi connectivity index (χ1v) is 9.72. The number of rotatable bonds is 8. The number of methoxy groups -OCH3 is 1. The number of amides is 1. The molecule has 1 fully saturated rings. The minimum Gasteiger partial charge on any atom is -0.383 e. The minimum atomic E-state index is -0.137. The summed E-state index contributed by atoms with van der Waals surface area (Å²) in [4.78, 5) is 18.5. The van der Waals surface area contributed by atoms with E-state index < -0.39 is 0 Å². The van der Waals surface area contributed by atoms with Crippen LogP contribution in [0.15, 0.2) is 29.3 Å². The summed E-state index contributed by atoms with van der Waals surface area (Å²) in [6.07, 6.45) is 2.03. The molecule has 3 N–H and O–H groups in total. The Morgan fingerprint density at radius 1 is 1.38 bits per heavy atom. The summed E-state index contributed by atoms with van der Waals surface area (Å²) < 4.78 is 4.92. The van der Waals surface area contributed by atoms with E-state index in [0.717, 1.165) is 31.6 Å². The fraction of sp³-hybridized carbons (Fsp3) is 0.550. The molecule has 0 aromatic heterocycles. The highest BCUT2D eigenvalue weighted by Gasteiger charge is 2.22. The van der Waals surface area contributed by atoms with Crippen LogP contribution in [0.25, 0.3) is 0 Å². The summed E-state index contributed by atoms with van der Waals surface area (Å²) in [6, 6.07) is 10.1. The lowest BCUT2D eigenvalue weighted by molar-refractivity contribution is -0.119. The van der Waals surface area contributed by atoms with E-state index >= 15 is 0 Å². The van der Waals surface area contributed by atoms with Gasteiger partial charge in [-0.15, -0.1) is 24.0 Å². The van der Waals surface area contributed by atoms with Crippen molar-refractivity contribution in [2.24, 2.45) is 4.99 Å². The van der Waals surface area contributed by atoms with Gasteiger partial charge in [-0.2, -0.15) is 5.26 Å². The molecule has 1 aliphatic rings. The summed E-state index contributed by atoms with van der Waals surface area (Å²) >= 11 is 0. The molecule has 1 unspecified atom stereocenters. The Bertz CT molecular complexity index is 706. The Morgan fingerprint density at radius 2 is 2.17 bits per heavy atom. The topological polar surface area (TPSA) is 102 Å². The van der Waals surface area contributed by atoms with Crippen molar-refractivity contribution in [1.82, 2.24) is 16.0 Å². The molecule has 1 aliphatic heterocycles. The van der Waals surface area contributed by atoms with Crippen LogP contribution in [0.3, 0.4) is 0 Å². The third-order valence-corrected chi connectivity index (χ3v) is 4.48. The molecule has 0 bridgehead atoms. The molecule has 1 saturated heterocycles. The number of nitrogens with one attached hydrogen (secondary N) is 3. The van der Waals surface area contributed by atoms with Crippen molar-refractivity contribution in [3.8, 4) is 6.07 Å². The number of hydrogen-bond donors (Lipinski definition) is 3. The molecule has 0 aliphatic carbocycles. The van der Waals surface area contributed by atoms with E-state index in [0.29, 0.717) is 31.2 Å². The van der Waals surface area contributed by atoms with Crippen molar-refractivity contribution in [3.05, 3.63) is 29.8 Å². The number of carbonyl (C=O) groups is 1. The highest BCUT2D eigenvalue weighted by molar-refractivity contribution is 14.0. The van der Waals surface area contributed by atoms with Crippen molar-refractivity contribution >= 4 is 41.5 Å². The van der Waals surface area contributed by atoms with Crippen molar-refractivity contribution in [2.45, 2.75) is 25.8 Å². The van der Waals surface area contributed by atoms with Crippen LogP contribution in [-0.2, 0) is 9.53 Å². The maximum absolute atomic E-state index is 11.9. The number of aliphatic imine (C=N–C) groups is 1. The molecule has 0 spiro atoms. The first kappa shape index (κ1) is 25.0. The Morgan fingerprint density at radius 3 is 2.90 bits per heavy atom. The fourth-order valence-electron chi connectivity index (χ4n) is 3.17. The van der Waals surface area contributed by atoms with Crippen LogP contribution in [0.4, 0.5) is 5.69 Å². The van der Waals surface area contributed by atoms with Gasteiger partial charge in [-0.3, -0.25) is 4.79 Å². The second-order valence-electron chi connectivity index (χ2n) is 6.60. The minimum absolute atomic E-state index is 0. The number of benzene rings is 1. The van der Waals surface area contributed by atoms with E-state index in [4.69, 9.17) is 4.74 Å². The van der Waals surface area contributed by atoms with Gasteiger partial charge in [0.05, 0.1) is 17.9 Å². The van der Waals surface area contributed by atoms with E-state index in [1.807, 2.05) is 31.2 Å². The zero-order chi connectivity index (χ0) is 20.2. The largest absolute Gasteiger partial charge is 0.383 e. The molecule has 1 atom stereocenters. The Labute approximate surface area is 190 Å². The van der Waals surface area contributed by atoms with Crippen molar-refractivity contribution in [2.75, 3.05) is 51.3 Å². The number of ether oxygens (including phenoxy) is 1. The predicted molar refractivity (Wildman–Crippen MR) is 126 cm³/mol. The molecule has 1 aromatic rings. The van der Waals surface area contributed by atoms with Gasteiger partial charge in [0.25, 0.3) is 0 Å². The van der Waals surface area contributed by atoms with Gasteiger partial charge in [-0.05, 0) is 31.9 Å². The summed E-state index contributed by atoms with van der Waals surface area (Å²) in [7, 11) is 1.60. The maximum Gasteiger partial charge on any atom is 0.241 e.